The number of hydrogen-bond acceptors (Lipinski definition) is 8. The summed E-state index contributed by atoms with van der Waals surface area (Å²) in [6.07, 6.45) is 3.87. The van der Waals surface area contributed by atoms with Crippen molar-refractivity contribution in [2.45, 2.75) is 12.5 Å². The second-order valence-electron chi connectivity index (χ2n) is 9.11. The Labute approximate surface area is 234 Å². The molecule has 0 radical (unpaired) electrons. The molecule has 208 valence electrons. The minimum Gasteiger partial charge on any atom is -0.478 e. The molecule has 1 saturated heterocycles. The van der Waals surface area contributed by atoms with Crippen LogP contribution in [0, 0.1) is 0 Å². The predicted molar refractivity (Wildman–Crippen MR) is 146 cm³/mol. The molecule has 1 aliphatic heterocycles. The summed E-state index contributed by atoms with van der Waals surface area (Å²) in [4.78, 5) is 54.0. The van der Waals surface area contributed by atoms with Crippen LogP contribution in [0.15, 0.2) is 54.9 Å². The number of amides is 3. The number of nitrogens with one attached hydrogen (secondary N) is 2. The number of aromatic carboxylic acids is 1. The van der Waals surface area contributed by atoms with E-state index in [-0.39, 0.29) is 17.9 Å². The van der Waals surface area contributed by atoms with Crippen LogP contribution in [-0.4, -0.2) is 98.1 Å². The summed E-state index contributed by atoms with van der Waals surface area (Å²) in [7, 11) is 1.96. The maximum atomic E-state index is 13.2. The van der Waals surface area contributed by atoms with Gasteiger partial charge in [-0.05, 0) is 66.0 Å². The number of rotatable bonds is 9. The number of likely N-dealkylation sites (N-methyl/N-ethyl adjacent to an activating group) is 1. The van der Waals surface area contributed by atoms with Crippen LogP contribution in [0.25, 0.3) is 11.8 Å². The summed E-state index contributed by atoms with van der Waals surface area (Å²) >= 11 is 6.14. The lowest BCUT2D eigenvalue weighted by Crippen LogP contribution is -2.51. The van der Waals surface area contributed by atoms with E-state index in [1.165, 1.54) is 47.4 Å². The molecular formula is C26H27ClN8O5. The van der Waals surface area contributed by atoms with Crippen LogP contribution in [0.2, 0.25) is 5.02 Å². The summed E-state index contributed by atoms with van der Waals surface area (Å²) in [5, 5.41) is 25.9. The highest BCUT2D eigenvalue weighted by molar-refractivity contribution is 6.30. The molecule has 13 nitrogen and oxygen atoms in total. The maximum absolute atomic E-state index is 13.2. The molecule has 3 aromatic rings. The first-order valence-corrected chi connectivity index (χ1v) is 12.7. The van der Waals surface area contributed by atoms with Gasteiger partial charge in [0.2, 0.25) is 17.7 Å². The average molecular weight is 567 g/mol. The lowest BCUT2D eigenvalue weighted by Gasteiger charge is -2.33. The van der Waals surface area contributed by atoms with Gasteiger partial charge in [0.15, 0.2) is 0 Å². The van der Waals surface area contributed by atoms with E-state index in [1.54, 1.807) is 23.1 Å². The van der Waals surface area contributed by atoms with E-state index in [9.17, 15) is 19.2 Å². The topological polar surface area (TPSA) is 163 Å². The first-order chi connectivity index (χ1) is 19.2. The van der Waals surface area contributed by atoms with Gasteiger partial charge in [0.05, 0.1) is 17.7 Å². The van der Waals surface area contributed by atoms with Gasteiger partial charge in [-0.15, -0.1) is 5.10 Å². The molecule has 40 heavy (non-hydrogen) atoms. The van der Waals surface area contributed by atoms with E-state index in [2.05, 4.69) is 31.1 Å². The summed E-state index contributed by atoms with van der Waals surface area (Å²) in [5.41, 5.74) is 1.49. The van der Waals surface area contributed by atoms with Gasteiger partial charge in [-0.1, -0.05) is 11.6 Å². The van der Waals surface area contributed by atoms with Gasteiger partial charge in [-0.3, -0.25) is 14.4 Å². The van der Waals surface area contributed by atoms with Crippen LogP contribution < -0.4 is 10.6 Å². The van der Waals surface area contributed by atoms with Crippen LogP contribution in [0.1, 0.15) is 22.3 Å². The number of benzene rings is 2. The Bertz CT molecular complexity index is 1400. The van der Waals surface area contributed by atoms with Crippen molar-refractivity contribution >= 4 is 47.1 Å². The predicted octanol–water partition coefficient (Wildman–Crippen LogP) is 1.31. The zero-order valence-electron chi connectivity index (χ0n) is 21.5. The highest BCUT2D eigenvalue weighted by Crippen LogP contribution is 2.20. The van der Waals surface area contributed by atoms with E-state index in [0.29, 0.717) is 48.1 Å². The van der Waals surface area contributed by atoms with Gasteiger partial charge in [0, 0.05) is 48.5 Å². The number of carboxylic acid groups (broad SMARTS) is 1. The first kappa shape index (κ1) is 28.4. The number of hydrogen-bond donors (Lipinski definition) is 3. The lowest BCUT2D eigenvalue weighted by atomic mass is 10.1. The molecule has 3 N–H and O–H groups in total. The Hall–Kier alpha value is -4.62. The second kappa shape index (κ2) is 13.0. The van der Waals surface area contributed by atoms with Crippen molar-refractivity contribution < 1.29 is 24.3 Å². The summed E-state index contributed by atoms with van der Waals surface area (Å²) < 4.78 is 1.41. The number of tetrazole rings is 1. The molecule has 0 spiro atoms. The summed E-state index contributed by atoms with van der Waals surface area (Å²) in [5.74, 6) is -2.61. The molecule has 2 heterocycles. The second-order valence-corrected chi connectivity index (χ2v) is 9.55. The molecule has 0 aliphatic carbocycles. The van der Waals surface area contributed by atoms with E-state index in [0.717, 1.165) is 0 Å². The number of aromatic nitrogens is 4. The monoisotopic (exact) mass is 566 g/mol. The number of anilines is 1. The fraction of sp³-hybridized carbons (Fsp3) is 0.269. The van der Waals surface area contributed by atoms with Crippen molar-refractivity contribution in [1.29, 1.82) is 0 Å². The largest absolute Gasteiger partial charge is 0.478 e. The third-order valence-corrected chi connectivity index (χ3v) is 6.50. The van der Waals surface area contributed by atoms with Crippen LogP contribution >= 0.6 is 11.6 Å². The number of carbonyl (C=O) groups excluding carboxylic acids is 3. The number of nitrogens with zero attached hydrogens (tertiary/aromatic N) is 6. The number of carboxylic acids is 1. The normalized spacial score (nSPS) is 14.6. The molecule has 3 amide bonds. The van der Waals surface area contributed by atoms with Gasteiger partial charge in [0.25, 0.3) is 0 Å². The van der Waals surface area contributed by atoms with E-state index >= 15 is 0 Å². The SMILES string of the molecule is CN1CCN(C(=O)C[C@H](NC(=O)C=Cc2cc(Cl)ccc2-n2cnnn2)C(=O)Nc2ccc(C(=O)O)cc2)CC1. The molecule has 1 aliphatic rings. The van der Waals surface area contributed by atoms with E-state index in [4.69, 9.17) is 16.7 Å². The van der Waals surface area contributed by atoms with Gasteiger partial charge < -0.3 is 25.5 Å². The smallest absolute Gasteiger partial charge is 0.335 e. The Morgan fingerprint density at radius 3 is 2.45 bits per heavy atom. The molecular weight excluding hydrogens is 540 g/mol. The fourth-order valence-electron chi connectivity index (χ4n) is 4.02. The molecule has 14 heteroatoms. The lowest BCUT2D eigenvalue weighted by molar-refractivity contribution is -0.135. The van der Waals surface area contributed by atoms with E-state index < -0.39 is 23.8 Å². The minimum atomic E-state index is -1.19. The minimum absolute atomic E-state index is 0.0558. The van der Waals surface area contributed by atoms with E-state index in [1.807, 2.05) is 7.05 Å². The molecule has 2 aromatic carbocycles. The van der Waals surface area contributed by atoms with Gasteiger partial charge in [-0.25, -0.2) is 4.79 Å². The third-order valence-electron chi connectivity index (χ3n) is 6.27. The molecule has 1 aromatic heterocycles. The Morgan fingerprint density at radius 1 is 1.07 bits per heavy atom. The first-order valence-electron chi connectivity index (χ1n) is 12.3. The van der Waals surface area contributed by atoms with Crippen LogP contribution in [0.5, 0.6) is 0 Å². The molecule has 0 bridgehead atoms. The van der Waals surface area contributed by atoms with Crippen LogP contribution in [-0.2, 0) is 14.4 Å². The number of carbonyl (C=O) groups is 4. The molecule has 0 saturated carbocycles. The van der Waals surface area contributed by atoms with Crippen molar-refractivity contribution in [3.05, 3.63) is 71.0 Å². The number of halogens is 1. The number of piperazine rings is 1. The van der Waals surface area contributed by atoms with Crippen molar-refractivity contribution in [3.63, 3.8) is 0 Å². The quantitative estimate of drug-likeness (QED) is 0.324. The third kappa shape index (κ3) is 7.48. The molecule has 0 unspecified atom stereocenters. The van der Waals surface area contributed by atoms with Crippen molar-refractivity contribution in [3.8, 4) is 5.69 Å². The maximum Gasteiger partial charge on any atom is 0.335 e. The fourth-order valence-corrected chi connectivity index (χ4v) is 4.20. The van der Waals surface area contributed by atoms with Gasteiger partial charge in [-0.2, -0.15) is 4.68 Å². The summed E-state index contributed by atoms with van der Waals surface area (Å²) in [6.45, 7) is 2.44. The highest BCUT2D eigenvalue weighted by Gasteiger charge is 2.27. The van der Waals surface area contributed by atoms with Crippen molar-refractivity contribution in [2.24, 2.45) is 0 Å². The Morgan fingerprint density at radius 2 is 1.80 bits per heavy atom. The van der Waals surface area contributed by atoms with Crippen molar-refractivity contribution in [2.75, 3.05) is 38.5 Å². The average Bonchev–Trinajstić information content (AvgIpc) is 3.47. The highest BCUT2D eigenvalue weighted by atomic mass is 35.5. The zero-order valence-corrected chi connectivity index (χ0v) is 22.3. The van der Waals surface area contributed by atoms with Crippen LogP contribution in [0.4, 0.5) is 5.69 Å². The van der Waals surface area contributed by atoms with Crippen LogP contribution in [0.3, 0.4) is 0 Å². The molecule has 1 fully saturated rings. The molecule has 4 rings (SSSR count). The summed E-state index contributed by atoms with van der Waals surface area (Å²) in [6, 6.07) is 9.34. The Balaban J connectivity index is 1.50. The zero-order chi connectivity index (χ0) is 28.6. The van der Waals surface area contributed by atoms with Crippen molar-refractivity contribution in [1.82, 2.24) is 35.3 Å². The standard InChI is InChI=1S/C26H27ClN8O5/c1-33-10-12-34(13-11-33)24(37)15-21(25(38)29-20-6-2-17(3-7-20)26(39)40)30-23(36)9-4-18-14-19(27)5-8-22(18)35-16-28-31-32-35/h2-9,14,16,21H,10-13,15H2,1H3,(H,29,38)(H,30,36)(H,39,40)/t21-/m0/s1. The Kier molecular flexibility index (Phi) is 9.19. The van der Waals surface area contributed by atoms with Gasteiger partial charge >= 0.3 is 5.97 Å². The van der Waals surface area contributed by atoms with Gasteiger partial charge in [0.1, 0.15) is 12.4 Å². The molecule has 1 atom stereocenters.